The third-order valence-corrected chi connectivity index (χ3v) is 4.21. The Balaban J connectivity index is 1.75. The number of hydrogen-bond donors (Lipinski definition) is 3. The lowest BCUT2D eigenvalue weighted by Crippen LogP contribution is -2.36. The number of alkyl halides is 2. The number of anilines is 1. The van der Waals surface area contributed by atoms with Gasteiger partial charge in [0, 0.05) is 61.0 Å². The van der Waals surface area contributed by atoms with E-state index in [1.807, 2.05) is 0 Å². The number of ether oxygens (including phenoxy) is 1. The van der Waals surface area contributed by atoms with Crippen molar-refractivity contribution in [1.82, 2.24) is 20.6 Å². The van der Waals surface area contributed by atoms with E-state index in [0.717, 1.165) is 17.5 Å². The number of nitrogens with zero attached hydrogens (tertiary/aromatic N) is 2. The number of rotatable bonds is 8. The zero-order valence-electron chi connectivity index (χ0n) is 15.6. The highest BCUT2D eigenvalue weighted by Crippen LogP contribution is 2.21. The second kappa shape index (κ2) is 9.37. The summed E-state index contributed by atoms with van der Waals surface area (Å²) in [5, 5.41) is 9.05. The van der Waals surface area contributed by atoms with Crippen molar-refractivity contribution < 1.29 is 22.7 Å². The fourth-order valence-corrected chi connectivity index (χ4v) is 2.97. The molecule has 0 aliphatic carbocycles. The van der Waals surface area contributed by atoms with E-state index in [0.29, 0.717) is 36.3 Å². The van der Waals surface area contributed by atoms with Gasteiger partial charge in [-0.05, 0) is 30.8 Å². The zero-order chi connectivity index (χ0) is 20.8. The van der Waals surface area contributed by atoms with E-state index in [1.165, 1.54) is 6.20 Å². The molecule has 0 saturated heterocycles. The highest BCUT2D eigenvalue weighted by Gasteiger charge is 2.19. The number of carbonyl (C=O) groups excluding carboxylic acids is 1. The Morgan fingerprint density at radius 1 is 1.31 bits per heavy atom. The molecule has 3 rings (SSSR count). The predicted octanol–water partition coefficient (Wildman–Crippen LogP) is 2.21. The van der Waals surface area contributed by atoms with Crippen molar-refractivity contribution in [3.63, 3.8) is 0 Å². The standard InChI is InChI=1S/C19H20F3N5O2/c1-23-10-14-16(3-5-25-17(14)28)27-12-2-4-24-13(8-12)6-11-7-15(20)18(26-9-11)29-19(21)22/h2,4,7-9,19,23H,3,5-6,10H2,1H3,(H,24,27)(H,25,28). The molecule has 2 aromatic rings. The van der Waals surface area contributed by atoms with E-state index >= 15 is 0 Å². The second-order valence-electron chi connectivity index (χ2n) is 6.34. The summed E-state index contributed by atoms with van der Waals surface area (Å²) in [6.07, 6.45) is 3.77. The zero-order valence-corrected chi connectivity index (χ0v) is 15.6. The molecule has 1 aliphatic heterocycles. The third-order valence-electron chi connectivity index (χ3n) is 4.21. The maximum Gasteiger partial charge on any atom is 0.388 e. The van der Waals surface area contributed by atoms with Gasteiger partial charge in [-0.3, -0.25) is 9.78 Å². The number of likely N-dealkylation sites (N-methyl/N-ethyl adjacent to an activating group) is 1. The van der Waals surface area contributed by atoms with Gasteiger partial charge in [-0.1, -0.05) is 0 Å². The van der Waals surface area contributed by atoms with Gasteiger partial charge in [-0.15, -0.1) is 0 Å². The molecule has 7 nitrogen and oxygen atoms in total. The minimum atomic E-state index is -3.14. The van der Waals surface area contributed by atoms with Crippen LogP contribution < -0.4 is 20.7 Å². The molecule has 0 spiro atoms. The lowest BCUT2D eigenvalue weighted by atomic mass is 10.1. The van der Waals surface area contributed by atoms with E-state index in [9.17, 15) is 18.0 Å². The summed E-state index contributed by atoms with van der Waals surface area (Å²) in [7, 11) is 1.77. The molecule has 154 valence electrons. The van der Waals surface area contributed by atoms with Crippen LogP contribution in [0, 0.1) is 5.82 Å². The smallest absolute Gasteiger partial charge is 0.388 e. The van der Waals surface area contributed by atoms with Gasteiger partial charge in [-0.25, -0.2) is 9.37 Å². The quantitative estimate of drug-likeness (QED) is 0.622. The Kier molecular flexibility index (Phi) is 6.65. The first kappa shape index (κ1) is 20.6. The molecular weight excluding hydrogens is 387 g/mol. The first-order valence-corrected chi connectivity index (χ1v) is 8.92. The van der Waals surface area contributed by atoms with E-state index in [4.69, 9.17) is 0 Å². The summed E-state index contributed by atoms with van der Waals surface area (Å²) in [4.78, 5) is 19.9. The third kappa shape index (κ3) is 5.44. The predicted molar refractivity (Wildman–Crippen MR) is 100 cm³/mol. The summed E-state index contributed by atoms with van der Waals surface area (Å²) >= 11 is 0. The normalized spacial score (nSPS) is 14.2. The maximum absolute atomic E-state index is 13.9. The van der Waals surface area contributed by atoms with Crippen LogP contribution in [0.25, 0.3) is 0 Å². The van der Waals surface area contributed by atoms with Gasteiger partial charge in [0.1, 0.15) is 0 Å². The minimum absolute atomic E-state index is 0.116. The van der Waals surface area contributed by atoms with Crippen LogP contribution in [-0.2, 0) is 11.2 Å². The summed E-state index contributed by atoms with van der Waals surface area (Å²) in [6.45, 7) is -2.16. The van der Waals surface area contributed by atoms with Crippen LogP contribution in [0.3, 0.4) is 0 Å². The molecule has 1 amide bonds. The summed E-state index contributed by atoms with van der Waals surface area (Å²) < 4.78 is 42.3. The Labute approximate surface area is 165 Å². The lowest BCUT2D eigenvalue weighted by molar-refractivity contribution is -0.117. The molecule has 0 unspecified atom stereocenters. The second-order valence-corrected chi connectivity index (χ2v) is 6.34. The average molecular weight is 407 g/mol. The van der Waals surface area contributed by atoms with E-state index in [1.54, 1.807) is 25.4 Å². The first-order chi connectivity index (χ1) is 14.0. The Morgan fingerprint density at radius 2 is 2.14 bits per heavy atom. The lowest BCUT2D eigenvalue weighted by Gasteiger charge is -2.22. The molecule has 3 N–H and O–H groups in total. The highest BCUT2D eigenvalue weighted by molar-refractivity contribution is 5.96. The number of aromatic nitrogens is 2. The number of pyridine rings is 2. The molecule has 0 bridgehead atoms. The van der Waals surface area contributed by atoms with Crippen molar-refractivity contribution in [2.75, 3.05) is 25.5 Å². The van der Waals surface area contributed by atoms with E-state index in [2.05, 4.69) is 30.7 Å². The number of hydrogen-bond acceptors (Lipinski definition) is 6. The minimum Gasteiger partial charge on any atom is -0.414 e. The molecule has 1 aliphatic rings. The summed E-state index contributed by atoms with van der Waals surface area (Å²) in [5.74, 6) is -1.83. The van der Waals surface area contributed by atoms with Crippen molar-refractivity contribution >= 4 is 11.6 Å². The van der Waals surface area contributed by atoms with Crippen LogP contribution in [0.5, 0.6) is 5.88 Å². The van der Waals surface area contributed by atoms with Crippen LogP contribution in [0.2, 0.25) is 0 Å². The number of nitrogens with one attached hydrogen (secondary N) is 3. The van der Waals surface area contributed by atoms with Crippen LogP contribution in [0.1, 0.15) is 17.7 Å². The van der Waals surface area contributed by atoms with Gasteiger partial charge >= 0.3 is 6.61 Å². The van der Waals surface area contributed by atoms with Crippen LogP contribution in [0.15, 0.2) is 41.9 Å². The van der Waals surface area contributed by atoms with Crippen molar-refractivity contribution in [1.29, 1.82) is 0 Å². The molecule has 0 fully saturated rings. The SMILES string of the molecule is CNCC1=C(Nc2ccnc(Cc3cnc(OC(F)F)c(F)c3)c2)CCNC1=O. The van der Waals surface area contributed by atoms with Crippen LogP contribution in [-0.4, -0.2) is 42.6 Å². The largest absolute Gasteiger partial charge is 0.414 e. The molecular formula is C19H20F3N5O2. The Morgan fingerprint density at radius 3 is 2.86 bits per heavy atom. The number of halogens is 3. The van der Waals surface area contributed by atoms with Gasteiger partial charge in [-0.2, -0.15) is 8.78 Å². The first-order valence-electron chi connectivity index (χ1n) is 8.92. The number of carbonyl (C=O) groups is 1. The average Bonchev–Trinajstić information content (AvgIpc) is 2.67. The molecule has 0 saturated carbocycles. The Bertz CT molecular complexity index is 920. The monoisotopic (exact) mass is 407 g/mol. The fourth-order valence-electron chi connectivity index (χ4n) is 2.97. The fraction of sp³-hybridized carbons (Fsp3) is 0.316. The van der Waals surface area contributed by atoms with Gasteiger partial charge in [0.2, 0.25) is 5.91 Å². The van der Waals surface area contributed by atoms with E-state index < -0.39 is 18.3 Å². The van der Waals surface area contributed by atoms with Crippen molar-refractivity contribution in [3.05, 3.63) is 58.9 Å². The Hall–Kier alpha value is -3.14. The van der Waals surface area contributed by atoms with Gasteiger partial charge in [0.05, 0.1) is 0 Å². The van der Waals surface area contributed by atoms with Gasteiger partial charge in [0.25, 0.3) is 5.88 Å². The van der Waals surface area contributed by atoms with Crippen LogP contribution >= 0.6 is 0 Å². The van der Waals surface area contributed by atoms with Crippen molar-refractivity contribution in [3.8, 4) is 5.88 Å². The summed E-state index contributed by atoms with van der Waals surface area (Å²) in [6, 6.07) is 4.63. The van der Waals surface area contributed by atoms with Gasteiger partial charge < -0.3 is 20.7 Å². The van der Waals surface area contributed by atoms with Crippen LogP contribution in [0.4, 0.5) is 18.9 Å². The number of amides is 1. The molecule has 10 heteroatoms. The molecule has 0 radical (unpaired) electrons. The highest BCUT2D eigenvalue weighted by atomic mass is 19.3. The summed E-state index contributed by atoms with van der Waals surface area (Å²) in [5.41, 5.74) is 3.27. The molecule has 0 aromatic carbocycles. The van der Waals surface area contributed by atoms with Gasteiger partial charge in [0.15, 0.2) is 5.82 Å². The molecule has 3 heterocycles. The maximum atomic E-state index is 13.9. The van der Waals surface area contributed by atoms with E-state index in [-0.39, 0.29) is 12.3 Å². The topological polar surface area (TPSA) is 88.2 Å². The molecule has 2 aromatic heterocycles. The van der Waals surface area contributed by atoms with Crippen molar-refractivity contribution in [2.24, 2.45) is 0 Å². The molecule has 29 heavy (non-hydrogen) atoms. The van der Waals surface area contributed by atoms with Crippen molar-refractivity contribution in [2.45, 2.75) is 19.5 Å². The molecule has 0 atom stereocenters.